The first-order chi connectivity index (χ1) is 13.6. The first kappa shape index (κ1) is 18.1. The SMILES string of the molecule is CN(Cc1cccc2cnccc12)C(=O)C1OCC(=O)NC1c1ccccc1. The van der Waals surface area contributed by atoms with E-state index in [-0.39, 0.29) is 18.4 Å². The minimum atomic E-state index is -0.762. The summed E-state index contributed by atoms with van der Waals surface area (Å²) in [5.74, 6) is -0.387. The molecule has 28 heavy (non-hydrogen) atoms. The summed E-state index contributed by atoms with van der Waals surface area (Å²) in [6, 6.07) is 16.8. The number of likely N-dealkylation sites (N-methyl/N-ethyl adjacent to an activating group) is 1. The molecule has 0 radical (unpaired) electrons. The van der Waals surface area contributed by atoms with Crippen LogP contribution >= 0.6 is 0 Å². The summed E-state index contributed by atoms with van der Waals surface area (Å²) < 4.78 is 5.65. The minimum Gasteiger partial charge on any atom is -0.356 e. The van der Waals surface area contributed by atoms with Crippen LogP contribution in [0.25, 0.3) is 10.8 Å². The van der Waals surface area contributed by atoms with Gasteiger partial charge in [-0.15, -0.1) is 0 Å². The second-order valence-corrected chi connectivity index (χ2v) is 6.90. The summed E-state index contributed by atoms with van der Waals surface area (Å²) in [6.45, 7) is 0.322. The van der Waals surface area contributed by atoms with Crippen LogP contribution in [0.2, 0.25) is 0 Å². The molecule has 4 rings (SSSR count). The van der Waals surface area contributed by atoms with Crippen LogP contribution in [0.1, 0.15) is 17.2 Å². The molecule has 142 valence electrons. The van der Waals surface area contributed by atoms with Crippen LogP contribution in [-0.2, 0) is 20.9 Å². The molecule has 1 aromatic heterocycles. The Morgan fingerprint density at radius 3 is 2.82 bits per heavy atom. The molecule has 1 fully saturated rings. The second-order valence-electron chi connectivity index (χ2n) is 6.90. The van der Waals surface area contributed by atoms with Crippen molar-refractivity contribution in [2.24, 2.45) is 0 Å². The van der Waals surface area contributed by atoms with E-state index in [0.717, 1.165) is 21.9 Å². The molecule has 0 spiro atoms. The van der Waals surface area contributed by atoms with Crippen LogP contribution in [0, 0.1) is 0 Å². The zero-order valence-electron chi connectivity index (χ0n) is 15.5. The van der Waals surface area contributed by atoms with Crippen molar-refractivity contribution >= 4 is 22.6 Å². The largest absolute Gasteiger partial charge is 0.356 e. The van der Waals surface area contributed by atoms with Crippen LogP contribution in [0.4, 0.5) is 0 Å². The van der Waals surface area contributed by atoms with Gasteiger partial charge in [0.2, 0.25) is 5.91 Å². The number of carbonyl (C=O) groups is 2. The van der Waals surface area contributed by atoms with E-state index in [9.17, 15) is 9.59 Å². The fourth-order valence-corrected chi connectivity index (χ4v) is 3.56. The fraction of sp³-hybridized carbons (Fsp3) is 0.227. The molecule has 6 heteroatoms. The van der Waals surface area contributed by atoms with E-state index in [4.69, 9.17) is 4.74 Å². The molecule has 0 bridgehead atoms. The number of benzene rings is 2. The number of hydrogen-bond donors (Lipinski definition) is 1. The molecular formula is C22H21N3O3. The van der Waals surface area contributed by atoms with E-state index in [2.05, 4.69) is 10.3 Å². The third-order valence-corrected chi connectivity index (χ3v) is 4.97. The predicted octanol–water partition coefficient (Wildman–Crippen LogP) is 2.45. The van der Waals surface area contributed by atoms with E-state index < -0.39 is 12.1 Å². The topological polar surface area (TPSA) is 71.5 Å². The number of morpholine rings is 1. The lowest BCUT2D eigenvalue weighted by Gasteiger charge is -2.34. The fourth-order valence-electron chi connectivity index (χ4n) is 3.56. The first-order valence-electron chi connectivity index (χ1n) is 9.16. The normalized spacial score (nSPS) is 19.2. The highest BCUT2D eigenvalue weighted by Gasteiger charge is 2.37. The Hall–Kier alpha value is -3.25. The zero-order chi connectivity index (χ0) is 19.5. The van der Waals surface area contributed by atoms with Gasteiger partial charge in [-0.1, -0.05) is 48.5 Å². The van der Waals surface area contributed by atoms with E-state index in [0.29, 0.717) is 6.54 Å². The number of nitrogens with one attached hydrogen (secondary N) is 1. The van der Waals surface area contributed by atoms with Gasteiger partial charge in [-0.25, -0.2) is 0 Å². The molecular weight excluding hydrogens is 354 g/mol. The lowest BCUT2D eigenvalue weighted by Crippen LogP contribution is -2.52. The van der Waals surface area contributed by atoms with Crippen molar-refractivity contribution in [2.75, 3.05) is 13.7 Å². The molecule has 3 aromatic rings. The molecule has 1 aliphatic heterocycles. The summed E-state index contributed by atoms with van der Waals surface area (Å²) in [6.07, 6.45) is 2.80. The van der Waals surface area contributed by atoms with Crippen molar-refractivity contribution in [3.63, 3.8) is 0 Å². The van der Waals surface area contributed by atoms with Gasteiger partial charge in [0.05, 0.1) is 6.04 Å². The van der Waals surface area contributed by atoms with Gasteiger partial charge in [-0.05, 0) is 22.6 Å². The number of aromatic nitrogens is 1. The minimum absolute atomic E-state index is 0.118. The van der Waals surface area contributed by atoms with Crippen molar-refractivity contribution in [1.29, 1.82) is 0 Å². The van der Waals surface area contributed by atoms with Crippen LogP contribution in [0.15, 0.2) is 67.0 Å². The third-order valence-electron chi connectivity index (χ3n) is 4.97. The predicted molar refractivity (Wildman–Crippen MR) is 105 cm³/mol. The van der Waals surface area contributed by atoms with Crippen molar-refractivity contribution < 1.29 is 14.3 Å². The Labute approximate surface area is 163 Å². The number of ether oxygens (including phenoxy) is 1. The number of rotatable bonds is 4. The lowest BCUT2D eigenvalue weighted by molar-refractivity contribution is -0.154. The van der Waals surface area contributed by atoms with E-state index in [1.165, 1.54) is 0 Å². The number of pyridine rings is 1. The Kier molecular flexibility index (Phi) is 5.04. The number of carbonyl (C=O) groups excluding carboxylic acids is 2. The molecule has 2 aromatic carbocycles. The maximum absolute atomic E-state index is 13.2. The van der Waals surface area contributed by atoms with Gasteiger partial charge >= 0.3 is 0 Å². The van der Waals surface area contributed by atoms with Gasteiger partial charge < -0.3 is 15.0 Å². The van der Waals surface area contributed by atoms with E-state index in [1.54, 1.807) is 18.1 Å². The van der Waals surface area contributed by atoms with Gasteiger partial charge in [0.1, 0.15) is 6.61 Å². The molecule has 1 saturated heterocycles. The Balaban J connectivity index is 1.57. The lowest BCUT2D eigenvalue weighted by atomic mass is 9.98. The highest BCUT2D eigenvalue weighted by molar-refractivity contribution is 5.88. The average molecular weight is 375 g/mol. The van der Waals surface area contributed by atoms with Gasteiger partial charge in [0.25, 0.3) is 5.91 Å². The molecule has 6 nitrogen and oxygen atoms in total. The summed E-state index contributed by atoms with van der Waals surface area (Å²) in [7, 11) is 1.75. The van der Waals surface area contributed by atoms with E-state index >= 15 is 0 Å². The quantitative estimate of drug-likeness (QED) is 0.760. The number of hydrogen-bond acceptors (Lipinski definition) is 4. The molecule has 1 aliphatic rings. The van der Waals surface area contributed by atoms with Crippen molar-refractivity contribution in [1.82, 2.24) is 15.2 Å². The second kappa shape index (κ2) is 7.78. The standard InChI is InChI=1S/C22H21N3O3/c1-25(13-17-9-5-8-16-12-23-11-10-18(16)17)22(27)21-20(24-19(26)14-28-21)15-6-3-2-4-7-15/h2-12,20-21H,13-14H2,1H3,(H,24,26). The molecule has 1 N–H and O–H groups in total. The molecule has 2 unspecified atom stereocenters. The number of fused-ring (bicyclic) bond motifs is 1. The number of nitrogens with zero attached hydrogens (tertiary/aromatic N) is 2. The summed E-state index contributed by atoms with van der Waals surface area (Å²) in [5.41, 5.74) is 1.88. The Morgan fingerprint density at radius 2 is 2.00 bits per heavy atom. The van der Waals surface area contributed by atoms with E-state index in [1.807, 2.05) is 60.8 Å². The average Bonchev–Trinajstić information content (AvgIpc) is 2.74. The van der Waals surface area contributed by atoms with Gasteiger partial charge in [0, 0.05) is 31.4 Å². The molecule has 2 atom stereocenters. The van der Waals surface area contributed by atoms with Gasteiger partial charge in [-0.3, -0.25) is 14.6 Å². The van der Waals surface area contributed by atoms with Crippen molar-refractivity contribution in [2.45, 2.75) is 18.7 Å². The molecule has 2 heterocycles. The van der Waals surface area contributed by atoms with Crippen LogP contribution in [0.3, 0.4) is 0 Å². The third kappa shape index (κ3) is 3.59. The summed E-state index contributed by atoms with van der Waals surface area (Å²) >= 11 is 0. The van der Waals surface area contributed by atoms with Crippen molar-refractivity contribution in [3.8, 4) is 0 Å². The van der Waals surface area contributed by atoms with Crippen molar-refractivity contribution in [3.05, 3.63) is 78.1 Å². The zero-order valence-corrected chi connectivity index (χ0v) is 15.5. The van der Waals surface area contributed by atoms with Gasteiger partial charge in [0.15, 0.2) is 6.10 Å². The highest BCUT2D eigenvalue weighted by Crippen LogP contribution is 2.25. The van der Waals surface area contributed by atoms with Gasteiger partial charge in [-0.2, -0.15) is 0 Å². The summed E-state index contributed by atoms with van der Waals surface area (Å²) in [5, 5.41) is 4.99. The van der Waals surface area contributed by atoms with Crippen LogP contribution in [-0.4, -0.2) is 41.5 Å². The smallest absolute Gasteiger partial charge is 0.254 e. The molecule has 0 aliphatic carbocycles. The Morgan fingerprint density at radius 1 is 1.18 bits per heavy atom. The number of amides is 2. The molecule has 0 saturated carbocycles. The summed E-state index contributed by atoms with van der Waals surface area (Å²) in [4.78, 5) is 30.8. The molecule has 2 amide bonds. The maximum Gasteiger partial charge on any atom is 0.254 e. The van der Waals surface area contributed by atoms with Crippen LogP contribution < -0.4 is 5.32 Å². The Bertz CT molecular complexity index is 1000. The maximum atomic E-state index is 13.2. The monoisotopic (exact) mass is 375 g/mol. The highest BCUT2D eigenvalue weighted by atomic mass is 16.5. The van der Waals surface area contributed by atoms with Crippen LogP contribution in [0.5, 0.6) is 0 Å². The first-order valence-corrected chi connectivity index (χ1v) is 9.16.